The molecule has 0 aliphatic heterocycles. The van der Waals surface area contributed by atoms with Crippen LogP contribution in [-0.4, -0.2) is 12.6 Å². The Morgan fingerprint density at radius 3 is 2.40 bits per heavy atom. The van der Waals surface area contributed by atoms with Crippen molar-refractivity contribution in [1.82, 2.24) is 5.32 Å². The van der Waals surface area contributed by atoms with Gasteiger partial charge in [0.25, 0.3) is 0 Å². The van der Waals surface area contributed by atoms with Gasteiger partial charge in [0.05, 0.1) is 0 Å². The summed E-state index contributed by atoms with van der Waals surface area (Å²) in [5, 5.41) is 3.85. The number of rotatable bonds is 6. The maximum Gasteiger partial charge on any atom is 0.0141 e. The molecule has 1 aromatic carbocycles. The molecule has 0 saturated heterocycles. The van der Waals surface area contributed by atoms with E-state index in [-0.39, 0.29) is 0 Å². The molecule has 3 atom stereocenters. The van der Waals surface area contributed by atoms with Gasteiger partial charge >= 0.3 is 0 Å². The number of halogens is 1. The molecule has 2 saturated carbocycles. The lowest BCUT2D eigenvalue weighted by atomic mass is 9.99. The van der Waals surface area contributed by atoms with Crippen molar-refractivity contribution in [3.63, 3.8) is 0 Å². The average Bonchev–Trinajstić information content (AvgIpc) is 3.20. The third-order valence-corrected chi connectivity index (χ3v) is 5.93. The topological polar surface area (TPSA) is 12.0 Å². The predicted octanol–water partition coefficient (Wildman–Crippen LogP) is 4.64. The fourth-order valence-electron chi connectivity index (χ4n) is 4.19. The van der Waals surface area contributed by atoms with E-state index in [9.17, 15) is 0 Å². The van der Waals surface area contributed by atoms with Gasteiger partial charge in [0.15, 0.2) is 0 Å². The molecule has 0 radical (unpaired) electrons. The zero-order valence-electron chi connectivity index (χ0n) is 12.4. The minimum atomic E-state index is 0.711. The van der Waals surface area contributed by atoms with Gasteiger partial charge in [0, 0.05) is 9.61 Å². The Hall–Kier alpha value is -0.0900. The first kappa shape index (κ1) is 14.8. The van der Waals surface area contributed by atoms with Crippen LogP contribution < -0.4 is 5.32 Å². The molecule has 1 N–H and O–H groups in total. The molecular formula is C18H26IN. The van der Waals surface area contributed by atoms with Crippen molar-refractivity contribution in [2.45, 2.75) is 51.5 Å². The zero-order chi connectivity index (χ0) is 13.9. The molecule has 20 heavy (non-hydrogen) atoms. The van der Waals surface area contributed by atoms with Crippen LogP contribution in [0.5, 0.6) is 0 Å². The van der Waals surface area contributed by atoms with Gasteiger partial charge in [-0.3, -0.25) is 0 Å². The number of hydrogen-bond acceptors (Lipinski definition) is 1. The fraction of sp³-hybridized carbons (Fsp3) is 0.667. The second-order valence-electron chi connectivity index (χ2n) is 6.58. The lowest BCUT2D eigenvalue weighted by Gasteiger charge is -2.19. The summed E-state index contributed by atoms with van der Waals surface area (Å²) in [5.74, 6) is 3.05. The largest absolute Gasteiger partial charge is 0.313 e. The van der Waals surface area contributed by atoms with Crippen molar-refractivity contribution < 1.29 is 0 Å². The first-order valence-corrected chi connectivity index (χ1v) is 9.35. The van der Waals surface area contributed by atoms with E-state index in [1.165, 1.54) is 54.2 Å². The first-order chi connectivity index (χ1) is 9.79. The van der Waals surface area contributed by atoms with Gasteiger partial charge in [0.2, 0.25) is 0 Å². The van der Waals surface area contributed by atoms with Crippen molar-refractivity contribution in [2.24, 2.45) is 17.8 Å². The quantitative estimate of drug-likeness (QED) is 0.706. The Labute approximate surface area is 137 Å². The van der Waals surface area contributed by atoms with Crippen molar-refractivity contribution in [1.29, 1.82) is 0 Å². The summed E-state index contributed by atoms with van der Waals surface area (Å²) >= 11 is 2.39. The van der Waals surface area contributed by atoms with Crippen molar-refractivity contribution in [3.05, 3.63) is 33.4 Å². The van der Waals surface area contributed by atoms with Crippen LogP contribution in [0, 0.1) is 21.3 Å². The van der Waals surface area contributed by atoms with Gasteiger partial charge in [-0.25, -0.2) is 0 Å². The third kappa shape index (κ3) is 3.38. The summed E-state index contributed by atoms with van der Waals surface area (Å²) in [5.41, 5.74) is 1.50. The van der Waals surface area contributed by atoms with Gasteiger partial charge in [0.1, 0.15) is 0 Å². The zero-order valence-corrected chi connectivity index (χ0v) is 14.6. The number of fused-ring (bicyclic) bond motifs is 1. The van der Waals surface area contributed by atoms with E-state index in [0.717, 1.165) is 17.8 Å². The lowest BCUT2D eigenvalue weighted by molar-refractivity contribution is 0.428. The van der Waals surface area contributed by atoms with Gasteiger partial charge in [-0.1, -0.05) is 31.9 Å². The van der Waals surface area contributed by atoms with E-state index in [1.807, 2.05) is 0 Å². The molecule has 3 unspecified atom stereocenters. The first-order valence-electron chi connectivity index (χ1n) is 8.27. The summed E-state index contributed by atoms with van der Waals surface area (Å²) in [6, 6.07) is 9.82. The van der Waals surface area contributed by atoms with Crippen LogP contribution in [0.1, 0.15) is 44.6 Å². The molecule has 2 aliphatic rings. The molecule has 0 heterocycles. The van der Waals surface area contributed by atoms with Crippen LogP contribution in [0.2, 0.25) is 0 Å². The SMILES string of the molecule is CCCNC(Cc1ccc(I)cc1)C1C2CCCCC21. The van der Waals surface area contributed by atoms with E-state index in [4.69, 9.17) is 0 Å². The van der Waals surface area contributed by atoms with Crippen molar-refractivity contribution in [2.75, 3.05) is 6.54 Å². The highest BCUT2D eigenvalue weighted by Gasteiger charge is 2.53. The molecular weight excluding hydrogens is 357 g/mol. The summed E-state index contributed by atoms with van der Waals surface area (Å²) in [6.45, 7) is 3.44. The molecule has 1 aromatic rings. The molecule has 110 valence electrons. The third-order valence-electron chi connectivity index (χ3n) is 5.21. The highest BCUT2D eigenvalue weighted by molar-refractivity contribution is 14.1. The molecule has 0 aromatic heterocycles. The molecule has 2 aliphatic carbocycles. The Morgan fingerprint density at radius 1 is 1.15 bits per heavy atom. The average molecular weight is 383 g/mol. The molecule has 0 bridgehead atoms. The van der Waals surface area contributed by atoms with Crippen LogP contribution in [0.25, 0.3) is 0 Å². The van der Waals surface area contributed by atoms with Crippen LogP contribution in [0.15, 0.2) is 24.3 Å². The summed E-state index contributed by atoms with van der Waals surface area (Å²) < 4.78 is 1.34. The highest BCUT2D eigenvalue weighted by atomic mass is 127. The normalized spacial score (nSPS) is 29.8. The molecule has 0 spiro atoms. The number of nitrogens with one attached hydrogen (secondary N) is 1. The van der Waals surface area contributed by atoms with E-state index in [2.05, 4.69) is 59.1 Å². The Kier molecular flexibility index (Phi) is 5.03. The Bertz CT molecular complexity index is 416. The predicted molar refractivity (Wildman–Crippen MR) is 93.9 cm³/mol. The second-order valence-corrected chi connectivity index (χ2v) is 7.83. The summed E-state index contributed by atoms with van der Waals surface area (Å²) in [6.07, 6.45) is 8.39. The fourth-order valence-corrected chi connectivity index (χ4v) is 4.55. The molecule has 1 nitrogen and oxygen atoms in total. The van der Waals surface area contributed by atoms with Crippen molar-refractivity contribution >= 4 is 22.6 Å². The lowest BCUT2D eigenvalue weighted by Crippen LogP contribution is -2.34. The van der Waals surface area contributed by atoms with E-state index >= 15 is 0 Å². The van der Waals surface area contributed by atoms with Crippen LogP contribution >= 0.6 is 22.6 Å². The Morgan fingerprint density at radius 2 is 1.80 bits per heavy atom. The Balaban J connectivity index is 1.65. The summed E-state index contributed by atoms with van der Waals surface area (Å²) in [4.78, 5) is 0. The summed E-state index contributed by atoms with van der Waals surface area (Å²) in [7, 11) is 0. The number of benzene rings is 1. The maximum atomic E-state index is 3.85. The maximum absolute atomic E-state index is 3.85. The molecule has 3 rings (SSSR count). The molecule has 2 heteroatoms. The smallest absolute Gasteiger partial charge is 0.0141 e. The monoisotopic (exact) mass is 383 g/mol. The second kappa shape index (κ2) is 6.78. The van der Waals surface area contributed by atoms with Crippen LogP contribution in [-0.2, 0) is 6.42 Å². The molecule has 2 fully saturated rings. The van der Waals surface area contributed by atoms with E-state index in [0.29, 0.717) is 6.04 Å². The van der Waals surface area contributed by atoms with Crippen LogP contribution in [0.3, 0.4) is 0 Å². The van der Waals surface area contributed by atoms with Gasteiger partial charge < -0.3 is 5.32 Å². The standard InChI is InChI=1S/C18H26IN/c1-2-11-20-17(12-13-7-9-14(19)10-8-13)18-15-5-3-4-6-16(15)18/h7-10,15-18,20H,2-6,11-12H2,1H3. The van der Waals surface area contributed by atoms with Crippen LogP contribution in [0.4, 0.5) is 0 Å². The van der Waals surface area contributed by atoms with E-state index < -0.39 is 0 Å². The van der Waals surface area contributed by atoms with Gasteiger partial charge in [-0.2, -0.15) is 0 Å². The van der Waals surface area contributed by atoms with E-state index in [1.54, 1.807) is 0 Å². The minimum absolute atomic E-state index is 0.711. The highest BCUT2D eigenvalue weighted by Crippen LogP contribution is 2.57. The minimum Gasteiger partial charge on any atom is -0.313 e. The molecule has 0 amide bonds. The van der Waals surface area contributed by atoms with Gasteiger partial charge in [-0.05, 0) is 90.3 Å². The van der Waals surface area contributed by atoms with Gasteiger partial charge in [-0.15, -0.1) is 0 Å². The number of hydrogen-bond donors (Lipinski definition) is 1. The van der Waals surface area contributed by atoms with Crippen molar-refractivity contribution in [3.8, 4) is 0 Å².